The van der Waals surface area contributed by atoms with E-state index < -0.39 is 0 Å². The third-order valence-electron chi connectivity index (χ3n) is 3.05. The van der Waals surface area contributed by atoms with Gasteiger partial charge in [0.1, 0.15) is 6.79 Å². The summed E-state index contributed by atoms with van der Waals surface area (Å²) in [6.07, 6.45) is 0. The van der Waals surface area contributed by atoms with Gasteiger partial charge in [0.2, 0.25) is 0 Å². The molecule has 0 saturated heterocycles. The van der Waals surface area contributed by atoms with E-state index in [2.05, 4.69) is 52.5 Å². The highest BCUT2D eigenvalue weighted by Crippen LogP contribution is 2.30. The molecule has 0 aliphatic heterocycles. The van der Waals surface area contributed by atoms with E-state index in [0.717, 1.165) is 11.1 Å². The van der Waals surface area contributed by atoms with Gasteiger partial charge in [0.15, 0.2) is 0 Å². The zero-order valence-corrected chi connectivity index (χ0v) is 12.6. The van der Waals surface area contributed by atoms with Crippen LogP contribution in [0.15, 0.2) is 22.8 Å². The van der Waals surface area contributed by atoms with Gasteiger partial charge in [-0.15, -0.1) is 0 Å². The molecule has 98 valence electrons. The molecular weight excluding hydrogens is 294 g/mol. The summed E-state index contributed by atoms with van der Waals surface area (Å²) in [6.45, 7) is 6.05. The maximum absolute atomic E-state index is 5.37. The Bertz CT molecular complexity index is 548. The molecule has 0 amide bonds. The van der Waals surface area contributed by atoms with E-state index in [1.165, 1.54) is 22.0 Å². The van der Waals surface area contributed by atoms with E-state index in [-0.39, 0.29) is 0 Å². The number of aryl methyl sites for hydroxylation is 2. The molecule has 18 heavy (non-hydrogen) atoms. The third-order valence-corrected chi connectivity index (χ3v) is 4.08. The molecule has 0 atom stereocenters. The van der Waals surface area contributed by atoms with Gasteiger partial charge in [-0.05, 0) is 47.0 Å². The molecule has 3 nitrogen and oxygen atoms in total. The Hall–Kier alpha value is -0.840. The topological polar surface area (TPSA) is 23.4 Å². The molecule has 0 fully saturated rings. The largest absolute Gasteiger partial charge is 0.359 e. The first-order valence-electron chi connectivity index (χ1n) is 5.96. The quantitative estimate of drug-likeness (QED) is 0.621. The molecule has 0 aliphatic rings. The molecule has 2 rings (SSSR count). The average Bonchev–Trinajstić information content (AvgIpc) is 2.59. The lowest BCUT2D eigenvalue weighted by atomic mass is 10.1. The van der Waals surface area contributed by atoms with E-state index >= 15 is 0 Å². The van der Waals surface area contributed by atoms with E-state index in [9.17, 15) is 0 Å². The highest BCUT2D eigenvalue weighted by atomic mass is 79.9. The number of halogens is 1. The molecule has 1 aromatic heterocycles. The summed E-state index contributed by atoms with van der Waals surface area (Å²) >= 11 is 3.66. The first kappa shape index (κ1) is 13.6. The summed E-state index contributed by atoms with van der Waals surface area (Å²) in [6, 6.07) is 6.54. The van der Waals surface area contributed by atoms with Gasteiger partial charge in [-0.3, -0.25) is 0 Å². The molecule has 0 bridgehead atoms. The van der Waals surface area contributed by atoms with E-state index in [4.69, 9.17) is 9.47 Å². The summed E-state index contributed by atoms with van der Waals surface area (Å²) < 4.78 is 13.6. The lowest BCUT2D eigenvalue weighted by Gasteiger charge is -2.08. The Morgan fingerprint density at radius 3 is 2.78 bits per heavy atom. The van der Waals surface area contributed by atoms with Crippen molar-refractivity contribution in [3.8, 4) is 0 Å². The summed E-state index contributed by atoms with van der Waals surface area (Å²) in [4.78, 5) is 0. The highest BCUT2D eigenvalue weighted by Gasteiger charge is 2.11. The number of hydrogen-bond donors (Lipinski definition) is 0. The second kappa shape index (κ2) is 5.87. The molecule has 0 aliphatic carbocycles. The molecule has 0 unspecified atom stereocenters. The van der Waals surface area contributed by atoms with Crippen LogP contribution in [-0.2, 0) is 16.0 Å². The molecule has 0 saturated carbocycles. The third kappa shape index (κ3) is 2.60. The van der Waals surface area contributed by atoms with Gasteiger partial charge in [-0.2, -0.15) is 0 Å². The van der Waals surface area contributed by atoms with Crippen LogP contribution in [0.1, 0.15) is 11.1 Å². The number of aromatic nitrogens is 1. The second-order valence-corrected chi connectivity index (χ2v) is 5.15. The number of nitrogens with zero attached hydrogens (tertiary/aromatic N) is 1. The Labute approximate surface area is 116 Å². The van der Waals surface area contributed by atoms with Gasteiger partial charge in [-0.25, -0.2) is 0 Å². The van der Waals surface area contributed by atoms with Crippen LogP contribution in [0, 0.1) is 13.8 Å². The van der Waals surface area contributed by atoms with E-state index in [0.29, 0.717) is 13.4 Å². The van der Waals surface area contributed by atoms with Crippen LogP contribution in [0.5, 0.6) is 0 Å². The van der Waals surface area contributed by atoms with Crippen LogP contribution >= 0.6 is 15.9 Å². The summed E-state index contributed by atoms with van der Waals surface area (Å²) in [5.41, 5.74) is 3.80. The minimum atomic E-state index is 0.342. The zero-order chi connectivity index (χ0) is 13.1. The van der Waals surface area contributed by atoms with E-state index in [1.807, 2.05) is 0 Å². The van der Waals surface area contributed by atoms with Crippen LogP contribution in [0.3, 0.4) is 0 Å². The molecule has 4 heteroatoms. The minimum Gasteiger partial charge on any atom is -0.359 e. The monoisotopic (exact) mass is 311 g/mol. The van der Waals surface area contributed by atoms with Crippen molar-refractivity contribution in [1.29, 1.82) is 0 Å². The lowest BCUT2D eigenvalue weighted by molar-refractivity contribution is -0.0328. The maximum atomic E-state index is 5.37. The fourth-order valence-electron chi connectivity index (χ4n) is 2.12. The number of hydrogen-bond acceptors (Lipinski definition) is 2. The lowest BCUT2D eigenvalue weighted by Crippen LogP contribution is -2.07. The molecule has 0 spiro atoms. The van der Waals surface area contributed by atoms with Crippen LogP contribution < -0.4 is 0 Å². The van der Waals surface area contributed by atoms with Crippen LogP contribution in [-0.4, -0.2) is 25.1 Å². The van der Waals surface area contributed by atoms with Crippen LogP contribution in [0.25, 0.3) is 10.9 Å². The molecule has 0 N–H and O–H groups in total. The summed E-state index contributed by atoms with van der Waals surface area (Å²) in [7, 11) is 1.63. The molecular formula is C14H18BrNO2. The standard InChI is InChI=1S/C14H18BrNO2/c1-10-4-5-12-11(2)14(15)16(13(12)8-10)6-7-18-9-17-3/h4-5,8H,6-7,9H2,1-3H3. The summed E-state index contributed by atoms with van der Waals surface area (Å²) in [5, 5.41) is 1.29. The van der Waals surface area contributed by atoms with Crippen molar-refractivity contribution in [2.45, 2.75) is 20.4 Å². The van der Waals surface area contributed by atoms with Gasteiger partial charge in [0, 0.05) is 24.6 Å². The van der Waals surface area contributed by atoms with Crippen molar-refractivity contribution in [1.82, 2.24) is 4.57 Å². The number of benzene rings is 1. The van der Waals surface area contributed by atoms with Crippen molar-refractivity contribution in [3.63, 3.8) is 0 Å². The Morgan fingerprint density at radius 1 is 1.28 bits per heavy atom. The predicted molar refractivity (Wildman–Crippen MR) is 76.9 cm³/mol. The first-order chi connectivity index (χ1) is 8.65. The summed E-state index contributed by atoms with van der Waals surface area (Å²) in [5.74, 6) is 0. The van der Waals surface area contributed by atoms with Gasteiger partial charge in [0.25, 0.3) is 0 Å². The molecule has 0 radical (unpaired) electrons. The molecule has 1 aromatic carbocycles. The van der Waals surface area contributed by atoms with Crippen molar-refractivity contribution in [2.24, 2.45) is 0 Å². The van der Waals surface area contributed by atoms with Crippen molar-refractivity contribution in [2.75, 3.05) is 20.5 Å². The predicted octanol–water partition coefficient (Wildman–Crippen LogP) is 3.64. The SMILES string of the molecule is COCOCCn1c(Br)c(C)c2ccc(C)cc21. The zero-order valence-electron chi connectivity index (χ0n) is 11.0. The average molecular weight is 312 g/mol. The second-order valence-electron chi connectivity index (χ2n) is 4.40. The maximum Gasteiger partial charge on any atom is 0.146 e. The Morgan fingerprint density at radius 2 is 2.06 bits per heavy atom. The fourth-order valence-corrected chi connectivity index (χ4v) is 2.70. The Kier molecular flexibility index (Phi) is 4.43. The highest BCUT2D eigenvalue weighted by molar-refractivity contribution is 9.10. The van der Waals surface area contributed by atoms with Crippen molar-refractivity contribution >= 4 is 26.8 Å². The number of ether oxygens (including phenoxy) is 2. The molecule has 1 heterocycles. The van der Waals surface area contributed by atoms with Gasteiger partial charge in [-0.1, -0.05) is 12.1 Å². The number of rotatable bonds is 5. The normalized spacial score (nSPS) is 11.3. The fraction of sp³-hybridized carbons (Fsp3) is 0.429. The first-order valence-corrected chi connectivity index (χ1v) is 6.76. The molecule has 2 aromatic rings. The van der Waals surface area contributed by atoms with Gasteiger partial charge in [0.05, 0.1) is 11.2 Å². The van der Waals surface area contributed by atoms with Crippen LogP contribution in [0.4, 0.5) is 0 Å². The minimum absolute atomic E-state index is 0.342. The van der Waals surface area contributed by atoms with E-state index in [1.54, 1.807) is 7.11 Å². The van der Waals surface area contributed by atoms with Crippen molar-refractivity contribution in [3.05, 3.63) is 33.9 Å². The smallest absolute Gasteiger partial charge is 0.146 e. The van der Waals surface area contributed by atoms with Gasteiger partial charge < -0.3 is 14.0 Å². The van der Waals surface area contributed by atoms with Crippen molar-refractivity contribution < 1.29 is 9.47 Å². The van der Waals surface area contributed by atoms with Crippen LogP contribution in [0.2, 0.25) is 0 Å². The number of fused-ring (bicyclic) bond motifs is 1. The number of methoxy groups -OCH3 is 1. The Balaban J connectivity index is 2.30. The van der Waals surface area contributed by atoms with Gasteiger partial charge >= 0.3 is 0 Å².